The van der Waals surface area contributed by atoms with Gasteiger partial charge in [0.25, 0.3) is 0 Å². The van der Waals surface area contributed by atoms with Crippen molar-refractivity contribution in [3.05, 3.63) is 65.2 Å². The number of anilines is 1. The number of hydrogen-bond acceptors (Lipinski definition) is 6. The average molecular weight is 451 g/mol. The van der Waals surface area contributed by atoms with E-state index in [2.05, 4.69) is 9.71 Å². The summed E-state index contributed by atoms with van der Waals surface area (Å²) in [6.07, 6.45) is 2.86. The summed E-state index contributed by atoms with van der Waals surface area (Å²) in [4.78, 5) is 14.2. The zero-order valence-corrected chi connectivity index (χ0v) is 17.9. The second-order valence-corrected chi connectivity index (χ2v) is 9.42. The minimum atomic E-state index is -3.50. The molecule has 1 aliphatic heterocycles. The van der Waals surface area contributed by atoms with E-state index >= 15 is 0 Å². The molecule has 0 aromatic heterocycles. The first-order valence-corrected chi connectivity index (χ1v) is 11.7. The van der Waals surface area contributed by atoms with Crippen LogP contribution >= 0.6 is 10.8 Å². The predicted molar refractivity (Wildman–Crippen MR) is 128 cm³/mol. The van der Waals surface area contributed by atoms with Crippen LogP contribution in [0.25, 0.3) is 5.76 Å². The molecule has 1 aliphatic carbocycles. The maximum absolute atomic E-state index is 13.9. The van der Waals surface area contributed by atoms with Gasteiger partial charge in [-0.3, -0.25) is 13.9 Å². The van der Waals surface area contributed by atoms with Gasteiger partial charge in [0, 0.05) is 5.56 Å². The summed E-state index contributed by atoms with van der Waals surface area (Å²) in [6, 6.07) is 14.1. The fraction of sp³-hybridized carbons (Fsp3) is 0.304. The molecule has 160 valence electrons. The first-order chi connectivity index (χ1) is 14.4. The Bertz CT molecular complexity index is 1070. The van der Waals surface area contributed by atoms with Gasteiger partial charge in [0.15, 0.2) is 11.6 Å². The van der Waals surface area contributed by atoms with Crippen molar-refractivity contribution in [2.75, 3.05) is 5.32 Å². The van der Waals surface area contributed by atoms with Crippen LogP contribution in [-0.2, 0) is 10.2 Å². The summed E-state index contributed by atoms with van der Waals surface area (Å²) in [7, 11) is -3.50. The van der Waals surface area contributed by atoms with Crippen molar-refractivity contribution in [2.45, 2.75) is 49.8 Å². The molecule has 4 N–H and O–H groups in total. The van der Waals surface area contributed by atoms with Gasteiger partial charge in [-0.2, -0.15) is 0 Å². The van der Waals surface area contributed by atoms with Gasteiger partial charge in [-0.25, -0.2) is 0 Å². The van der Waals surface area contributed by atoms with Crippen LogP contribution in [0.4, 0.5) is 5.69 Å². The van der Waals surface area contributed by atoms with Crippen molar-refractivity contribution < 1.29 is 19.0 Å². The summed E-state index contributed by atoms with van der Waals surface area (Å²) in [5, 5.41) is 14.2. The molecule has 2 aliphatic rings. The van der Waals surface area contributed by atoms with Crippen molar-refractivity contribution in [1.82, 2.24) is 0 Å². The summed E-state index contributed by atoms with van der Waals surface area (Å²) in [5.41, 5.74) is 1.11. The minimum absolute atomic E-state index is 0. The Kier molecular flexibility index (Phi) is 7.05. The van der Waals surface area contributed by atoms with E-state index in [4.69, 9.17) is 0 Å². The molecule has 0 spiro atoms. The maximum atomic E-state index is 13.9. The summed E-state index contributed by atoms with van der Waals surface area (Å²) >= 11 is 0. The number of para-hydroxylation sites is 1. The summed E-state index contributed by atoms with van der Waals surface area (Å²) in [5.74, 6) is -0.412. The van der Waals surface area contributed by atoms with E-state index in [0.717, 1.165) is 18.4 Å². The van der Waals surface area contributed by atoms with Crippen molar-refractivity contribution in [3.8, 4) is 0 Å². The number of fused-ring (bicyclic) bond motifs is 2. The van der Waals surface area contributed by atoms with Crippen LogP contribution in [0.5, 0.6) is 0 Å². The molecule has 8 heteroatoms. The zero-order valence-electron chi connectivity index (χ0n) is 17.1. The number of hydrogen-bond donors (Lipinski definition) is 4. The number of carbonyl (C=O) groups is 1. The molecule has 0 fully saturated rings. The number of aliphatic hydroxyl groups is 1. The van der Waals surface area contributed by atoms with Crippen LogP contribution in [0.2, 0.25) is 0 Å². The topological polar surface area (TPSA) is 102 Å². The van der Waals surface area contributed by atoms with E-state index in [9.17, 15) is 19.0 Å². The van der Waals surface area contributed by atoms with Crippen LogP contribution in [0, 0.1) is 0 Å². The molecule has 0 saturated heterocycles. The number of amidine groups is 1. The van der Waals surface area contributed by atoms with Gasteiger partial charge in [0.2, 0.25) is 0 Å². The number of ketones is 1. The number of benzene rings is 2. The first-order valence-electron chi connectivity index (χ1n) is 10.2. The van der Waals surface area contributed by atoms with Crippen molar-refractivity contribution >= 4 is 63.4 Å². The normalized spacial score (nSPS) is 19.4. The Morgan fingerprint density at radius 1 is 1.00 bits per heavy atom. The standard InChI is InChI=1S/C23H26N2O4S.Na.H/c1-3-13-23(14-4-2)16-10-6-5-9-15(16)20(26)19(21(23)27)22-24-17-11-7-8-12-18(17)30(28,29)25-22;;/h5-12,26,28-29H,3-4,13-14H2,1-2H3,(H,24,25);;. The zero-order chi connectivity index (χ0) is 21.5. The Morgan fingerprint density at radius 2 is 1.61 bits per heavy atom. The Balaban J connectivity index is 0.00000272. The van der Waals surface area contributed by atoms with Crippen LogP contribution in [0.15, 0.2) is 63.4 Å². The van der Waals surface area contributed by atoms with E-state index in [0.29, 0.717) is 24.1 Å². The number of Topliss-reactive ketones (excluding diaryl/α,β-unsaturated/α-hetero) is 1. The molecular formula is C23H27N2NaO4S. The third-order valence-corrected chi connectivity index (χ3v) is 7.22. The van der Waals surface area contributed by atoms with Crippen LogP contribution in [-0.4, -0.2) is 55.4 Å². The molecular weight excluding hydrogens is 423 g/mol. The van der Waals surface area contributed by atoms with Gasteiger partial charge in [0.1, 0.15) is 16.2 Å². The molecule has 6 nitrogen and oxygen atoms in total. The second-order valence-electron chi connectivity index (χ2n) is 7.76. The molecule has 2 aromatic rings. The SMILES string of the molecule is CCCC1(CCC)C(=O)C(C2=NS(O)(O)c3ccccc3N2)=C(O)c2ccccc21.[NaH]. The quantitative estimate of drug-likeness (QED) is 0.465. The second kappa shape index (κ2) is 9.10. The van der Waals surface area contributed by atoms with Gasteiger partial charge in [-0.1, -0.05) is 73.9 Å². The Labute approximate surface area is 206 Å². The molecule has 2 aromatic carbocycles. The van der Waals surface area contributed by atoms with Crippen LogP contribution in [0.1, 0.15) is 50.7 Å². The predicted octanol–water partition coefficient (Wildman–Crippen LogP) is 5.28. The van der Waals surface area contributed by atoms with E-state index in [1.54, 1.807) is 30.3 Å². The van der Waals surface area contributed by atoms with E-state index in [-0.39, 0.29) is 57.4 Å². The van der Waals surface area contributed by atoms with Gasteiger partial charge in [-0.15, -0.1) is 4.40 Å². The average Bonchev–Trinajstić information content (AvgIpc) is 2.72. The van der Waals surface area contributed by atoms with E-state index in [1.165, 1.54) is 0 Å². The third kappa shape index (κ3) is 3.88. The molecule has 31 heavy (non-hydrogen) atoms. The summed E-state index contributed by atoms with van der Waals surface area (Å²) in [6.45, 7) is 4.07. The Hall–Kier alpha value is -1.61. The van der Waals surface area contributed by atoms with Crippen molar-refractivity contribution in [3.63, 3.8) is 0 Å². The molecule has 4 rings (SSSR count). The van der Waals surface area contributed by atoms with Crippen LogP contribution in [0.3, 0.4) is 0 Å². The molecule has 0 atom stereocenters. The third-order valence-electron chi connectivity index (χ3n) is 5.84. The first kappa shape index (κ1) is 24.0. The number of nitrogens with zero attached hydrogens (tertiary/aromatic N) is 1. The summed E-state index contributed by atoms with van der Waals surface area (Å²) < 4.78 is 25.4. The van der Waals surface area contributed by atoms with E-state index in [1.807, 2.05) is 32.0 Å². The fourth-order valence-corrected chi connectivity index (χ4v) is 5.81. The molecule has 0 bridgehead atoms. The molecule has 0 saturated carbocycles. The molecule has 0 radical (unpaired) electrons. The van der Waals surface area contributed by atoms with Gasteiger partial charge in [-0.05, 0) is 30.5 Å². The number of rotatable bonds is 5. The van der Waals surface area contributed by atoms with Crippen molar-refractivity contribution in [2.24, 2.45) is 4.40 Å². The van der Waals surface area contributed by atoms with Gasteiger partial charge in [0.05, 0.1) is 11.1 Å². The number of carbonyl (C=O) groups excluding carboxylic acids is 1. The molecule has 1 heterocycles. The number of nitrogens with one attached hydrogen (secondary N) is 1. The Morgan fingerprint density at radius 3 is 2.29 bits per heavy atom. The molecule has 0 amide bonds. The van der Waals surface area contributed by atoms with Crippen molar-refractivity contribution in [1.29, 1.82) is 0 Å². The fourth-order valence-electron chi connectivity index (χ4n) is 4.65. The van der Waals surface area contributed by atoms with E-state index < -0.39 is 16.2 Å². The van der Waals surface area contributed by atoms with Gasteiger partial charge < -0.3 is 10.4 Å². The number of aliphatic hydroxyl groups excluding tert-OH is 1. The van der Waals surface area contributed by atoms with Crippen LogP contribution < -0.4 is 5.32 Å². The molecule has 0 unspecified atom stereocenters. The van der Waals surface area contributed by atoms with Gasteiger partial charge >= 0.3 is 29.6 Å². The monoisotopic (exact) mass is 450 g/mol.